The monoisotopic (exact) mass is 390 g/mol. The van der Waals surface area contributed by atoms with Crippen LogP contribution in [0.4, 0.5) is 5.69 Å². The first-order chi connectivity index (χ1) is 14.3. The van der Waals surface area contributed by atoms with E-state index >= 15 is 0 Å². The molecule has 0 spiro atoms. The smallest absolute Gasteiger partial charge is 0.150 e. The summed E-state index contributed by atoms with van der Waals surface area (Å²) >= 11 is 0. The normalized spacial score (nSPS) is 18.0. The number of hydrogen-bond acceptors (Lipinski definition) is 4. The molecule has 5 rings (SSSR count). The van der Waals surface area contributed by atoms with E-state index in [4.69, 9.17) is 4.84 Å². The topological polar surface area (TPSA) is 34.7 Å². The van der Waals surface area contributed by atoms with Gasteiger partial charge in [0.1, 0.15) is 0 Å². The molecule has 29 heavy (non-hydrogen) atoms. The Balaban J connectivity index is 1.03. The van der Waals surface area contributed by atoms with E-state index in [-0.39, 0.29) is 0 Å². The molecule has 0 radical (unpaired) electrons. The van der Waals surface area contributed by atoms with Crippen molar-refractivity contribution in [1.29, 1.82) is 0 Å². The zero-order chi connectivity index (χ0) is 19.5. The zero-order valence-electron chi connectivity index (χ0n) is 17.0. The number of anilines is 1. The number of nitrogens with zero attached hydrogens (tertiary/aromatic N) is 3. The highest BCUT2D eigenvalue weighted by Crippen LogP contribution is 2.24. The molecule has 5 nitrogen and oxygen atoms in total. The van der Waals surface area contributed by atoms with Gasteiger partial charge in [0.2, 0.25) is 0 Å². The fourth-order valence-corrected chi connectivity index (χ4v) is 4.48. The number of rotatable bonds is 6. The molecule has 3 heterocycles. The van der Waals surface area contributed by atoms with E-state index in [1.165, 1.54) is 41.5 Å². The second-order valence-electron chi connectivity index (χ2n) is 8.16. The Hall–Kier alpha value is -2.50. The minimum Gasteiger partial charge on any atom is -0.406 e. The number of nitrogens with one attached hydrogen (secondary N) is 1. The van der Waals surface area contributed by atoms with Gasteiger partial charge >= 0.3 is 0 Å². The number of benzene rings is 2. The first-order valence-corrected chi connectivity index (χ1v) is 10.9. The number of aromatic amines is 1. The third kappa shape index (κ3) is 4.26. The first kappa shape index (κ1) is 18.5. The molecule has 0 amide bonds. The number of fused-ring (bicyclic) bond motifs is 2. The number of unbranched alkanes of at least 4 members (excludes halogenated alkanes) is 1. The maximum absolute atomic E-state index is 6.02. The van der Waals surface area contributed by atoms with Crippen LogP contribution in [0.5, 0.6) is 5.75 Å². The standard InChI is InChI=1S/C24H30N4O/c1-2-6-24-20(5-1)10-14-28(29-24)13-4-3-12-26-15-17-27(18-16-26)22-7-8-23-21(19-22)9-11-25-23/h1-2,5-9,11,19,25H,3-4,10,12-18H2. The van der Waals surface area contributed by atoms with E-state index in [1.807, 2.05) is 6.20 Å². The van der Waals surface area contributed by atoms with Gasteiger partial charge in [0.15, 0.2) is 5.75 Å². The van der Waals surface area contributed by atoms with Crippen molar-refractivity contribution in [2.45, 2.75) is 19.3 Å². The van der Waals surface area contributed by atoms with Crippen molar-refractivity contribution in [1.82, 2.24) is 14.9 Å². The van der Waals surface area contributed by atoms with Crippen molar-refractivity contribution in [3.05, 3.63) is 60.3 Å². The third-order valence-corrected chi connectivity index (χ3v) is 6.24. The van der Waals surface area contributed by atoms with Gasteiger partial charge < -0.3 is 14.7 Å². The lowest BCUT2D eigenvalue weighted by Crippen LogP contribution is -2.46. The van der Waals surface area contributed by atoms with Crippen LogP contribution in [0.1, 0.15) is 18.4 Å². The Morgan fingerprint density at radius 3 is 2.66 bits per heavy atom. The van der Waals surface area contributed by atoms with E-state index < -0.39 is 0 Å². The first-order valence-electron chi connectivity index (χ1n) is 10.9. The lowest BCUT2D eigenvalue weighted by molar-refractivity contribution is -0.0697. The van der Waals surface area contributed by atoms with Crippen molar-refractivity contribution in [2.24, 2.45) is 0 Å². The molecule has 152 valence electrons. The minimum atomic E-state index is 1.00. The lowest BCUT2D eigenvalue weighted by Gasteiger charge is -2.36. The van der Waals surface area contributed by atoms with Crippen LogP contribution in [0, 0.1) is 0 Å². The average Bonchev–Trinajstić information content (AvgIpc) is 3.25. The van der Waals surface area contributed by atoms with Gasteiger partial charge in [0, 0.05) is 62.1 Å². The molecule has 0 atom stereocenters. The molecule has 5 heteroatoms. The van der Waals surface area contributed by atoms with Crippen LogP contribution < -0.4 is 9.74 Å². The SMILES string of the molecule is c1ccc2c(c1)CCN(CCCCN1CCN(c3ccc4[nH]ccc4c3)CC1)O2. The number of hydroxylamine groups is 2. The zero-order valence-corrected chi connectivity index (χ0v) is 17.0. The quantitative estimate of drug-likeness (QED) is 0.647. The molecule has 1 fully saturated rings. The largest absolute Gasteiger partial charge is 0.406 e. The molecule has 0 unspecified atom stereocenters. The highest BCUT2D eigenvalue weighted by atomic mass is 16.7. The van der Waals surface area contributed by atoms with E-state index in [1.54, 1.807) is 0 Å². The summed E-state index contributed by atoms with van der Waals surface area (Å²) in [6.07, 6.45) is 5.52. The van der Waals surface area contributed by atoms with Gasteiger partial charge in [0.25, 0.3) is 0 Å². The van der Waals surface area contributed by atoms with Crippen LogP contribution in [0.15, 0.2) is 54.7 Å². The predicted octanol–water partition coefficient (Wildman–Crippen LogP) is 3.92. The highest BCUT2D eigenvalue weighted by Gasteiger charge is 2.19. The molecular formula is C24H30N4O. The van der Waals surface area contributed by atoms with Crippen LogP contribution in [0.2, 0.25) is 0 Å². The van der Waals surface area contributed by atoms with Gasteiger partial charge in [-0.2, -0.15) is 0 Å². The van der Waals surface area contributed by atoms with Crippen molar-refractivity contribution in [3.63, 3.8) is 0 Å². The molecule has 0 saturated carbocycles. The van der Waals surface area contributed by atoms with Crippen LogP contribution in [0.25, 0.3) is 10.9 Å². The minimum absolute atomic E-state index is 1.00. The molecule has 1 aromatic heterocycles. The molecule has 0 bridgehead atoms. The van der Waals surface area contributed by atoms with Crippen molar-refractivity contribution >= 4 is 16.6 Å². The number of para-hydroxylation sites is 1. The number of H-pyrrole nitrogens is 1. The summed E-state index contributed by atoms with van der Waals surface area (Å²) in [5.41, 5.74) is 3.89. The molecule has 3 aromatic rings. The molecule has 1 N–H and O–H groups in total. The lowest BCUT2D eigenvalue weighted by atomic mass is 10.1. The Morgan fingerprint density at radius 1 is 0.862 bits per heavy atom. The van der Waals surface area contributed by atoms with Gasteiger partial charge in [-0.25, -0.2) is 0 Å². The summed E-state index contributed by atoms with van der Waals surface area (Å²) in [5, 5.41) is 3.43. The second-order valence-corrected chi connectivity index (χ2v) is 8.16. The third-order valence-electron chi connectivity index (χ3n) is 6.24. The van der Waals surface area contributed by atoms with E-state index in [2.05, 4.69) is 68.4 Å². The average molecular weight is 391 g/mol. The number of hydrogen-bond donors (Lipinski definition) is 1. The van der Waals surface area contributed by atoms with Gasteiger partial charge in [-0.1, -0.05) is 18.2 Å². The van der Waals surface area contributed by atoms with Crippen LogP contribution in [-0.2, 0) is 6.42 Å². The summed E-state index contributed by atoms with van der Waals surface area (Å²) in [7, 11) is 0. The summed E-state index contributed by atoms with van der Waals surface area (Å²) in [6.45, 7) is 7.74. The van der Waals surface area contributed by atoms with Crippen molar-refractivity contribution in [3.8, 4) is 5.75 Å². The fourth-order valence-electron chi connectivity index (χ4n) is 4.48. The van der Waals surface area contributed by atoms with Gasteiger partial charge in [-0.3, -0.25) is 4.90 Å². The van der Waals surface area contributed by atoms with E-state index in [9.17, 15) is 0 Å². The van der Waals surface area contributed by atoms with Gasteiger partial charge in [0.05, 0.1) is 0 Å². The Labute approximate surface area is 172 Å². The predicted molar refractivity (Wildman–Crippen MR) is 119 cm³/mol. The maximum atomic E-state index is 6.02. The summed E-state index contributed by atoms with van der Waals surface area (Å²) in [5.74, 6) is 1.03. The van der Waals surface area contributed by atoms with Crippen molar-refractivity contribution < 1.29 is 4.84 Å². The summed E-state index contributed by atoms with van der Waals surface area (Å²) in [6, 6.07) is 17.3. The highest BCUT2D eigenvalue weighted by molar-refractivity contribution is 5.83. The fraction of sp³-hybridized carbons (Fsp3) is 0.417. The van der Waals surface area contributed by atoms with Crippen LogP contribution >= 0.6 is 0 Å². The van der Waals surface area contributed by atoms with Crippen LogP contribution in [0.3, 0.4) is 0 Å². The molecule has 1 saturated heterocycles. The molecule has 2 aliphatic heterocycles. The maximum Gasteiger partial charge on any atom is 0.150 e. The van der Waals surface area contributed by atoms with Crippen molar-refractivity contribution in [2.75, 3.05) is 50.7 Å². The molecule has 0 aliphatic carbocycles. The Kier molecular flexibility index (Phi) is 5.41. The van der Waals surface area contributed by atoms with Crippen LogP contribution in [-0.4, -0.2) is 60.8 Å². The summed E-state index contributed by atoms with van der Waals surface area (Å²) < 4.78 is 0. The molecular weight excluding hydrogens is 360 g/mol. The Morgan fingerprint density at radius 2 is 1.72 bits per heavy atom. The van der Waals surface area contributed by atoms with Gasteiger partial charge in [-0.15, -0.1) is 5.06 Å². The molecule has 2 aliphatic rings. The van der Waals surface area contributed by atoms with E-state index in [0.29, 0.717) is 0 Å². The Bertz CT molecular complexity index is 945. The molecule has 2 aromatic carbocycles. The van der Waals surface area contributed by atoms with E-state index in [0.717, 1.165) is 51.4 Å². The second kappa shape index (κ2) is 8.47. The van der Waals surface area contributed by atoms with Gasteiger partial charge in [-0.05, 0) is 61.7 Å². The number of aromatic nitrogens is 1. The number of piperazine rings is 1. The summed E-state index contributed by atoms with van der Waals surface area (Å²) in [4.78, 5) is 14.4.